The predicted octanol–water partition coefficient (Wildman–Crippen LogP) is 2.32. The first-order valence-electron chi connectivity index (χ1n) is 9.99. The quantitative estimate of drug-likeness (QED) is 0.782. The predicted molar refractivity (Wildman–Crippen MR) is 105 cm³/mol. The van der Waals surface area contributed by atoms with E-state index in [2.05, 4.69) is 38.2 Å². The molecule has 6 heteroatoms. The molecule has 2 aromatic rings. The molecule has 2 aliphatic rings. The van der Waals surface area contributed by atoms with Crippen LogP contribution in [0.25, 0.3) is 0 Å². The molecule has 0 bridgehead atoms. The Morgan fingerprint density at radius 1 is 1.22 bits per heavy atom. The van der Waals surface area contributed by atoms with Crippen molar-refractivity contribution in [1.82, 2.24) is 24.6 Å². The Bertz CT molecular complexity index is 723. The molecule has 146 valence electrons. The number of hydrogen-bond donors (Lipinski definition) is 0. The normalized spacial score (nSPS) is 23.3. The highest BCUT2D eigenvalue weighted by molar-refractivity contribution is 5.07. The number of hydrogen-bond acceptors (Lipinski definition) is 5. The molecule has 0 radical (unpaired) electrons. The van der Waals surface area contributed by atoms with Crippen LogP contribution < -0.4 is 0 Å². The van der Waals surface area contributed by atoms with Crippen LogP contribution >= 0.6 is 0 Å². The van der Waals surface area contributed by atoms with E-state index in [0.29, 0.717) is 11.5 Å². The summed E-state index contributed by atoms with van der Waals surface area (Å²) >= 11 is 0. The van der Waals surface area contributed by atoms with Gasteiger partial charge in [-0.1, -0.05) is 6.07 Å². The fraction of sp³-hybridized carbons (Fsp3) is 0.619. The standard InChI is InChI=1S/C21H31N5O/c1-24-13-18(12-23-24)14-25-9-6-21(7-10-25)11-20(16-27-2)26(17-21)15-19-5-3-4-8-22-19/h3-5,8,12-13,20H,6-7,9-11,14-17H2,1-2H3. The van der Waals surface area contributed by atoms with E-state index in [-0.39, 0.29) is 0 Å². The van der Waals surface area contributed by atoms with Crippen molar-refractivity contribution in [3.63, 3.8) is 0 Å². The Labute approximate surface area is 162 Å². The van der Waals surface area contributed by atoms with Crippen LogP contribution in [-0.4, -0.2) is 64.0 Å². The van der Waals surface area contributed by atoms with Gasteiger partial charge in [0.15, 0.2) is 0 Å². The Morgan fingerprint density at radius 3 is 2.74 bits per heavy atom. The summed E-state index contributed by atoms with van der Waals surface area (Å²) in [7, 11) is 3.81. The lowest BCUT2D eigenvalue weighted by Gasteiger charge is -2.39. The summed E-state index contributed by atoms with van der Waals surface area (Å²) in [6, 6.07) is 6.70. The van der Waals surface area contributed by atoms with Crippen molar-refractivity contribution in [3.8, 4) is 0 Å². The zero-order chi connectivity index (χ0) is 18.7. The van der Waals surface area contributed by atoms with E-state index in [4.69, 9.17) is 4.74 Å². The fourth-order valence-corrected chi connectivity index (χ4v) is 4.85. The van der Waals surface area contributed by atoms with Crippen LogP contribution in [0, 0.1) is 5.41 Å². The van der Waals surface area contributed by atoms with Crippen LogP contribution in [0.15, 0.2) is 36.8 Å². The minimum absolute atomic E-state index is 0.434. The van der Waals surface area contributed by atoms with Crippen LogP contribution in [-0.2, 0) is 24.9 Å². The van der Waals surface area contributed by atoms with Crippen LogP contribution in [0.3, 0.4) is 0 Å². The highest BCUT2D eigenvalue weighted by Crippen LogP contribution is 2.44. The summed E-state index contributed by atoms with van der Waals surface area (Å²) in [5, 5.41) is 4.30. The topological polar surface area (TPSA) is 46.4 Å². The maximum atomic E-state index is 5.55. The molecule has 2 aliphatic heterocycles. The number of methoxy groups -OCH3 is 1. The van der Waals surface area contributed by atoms with Gasteiger partial charge in [-0.15, -0.1) is 0 Å². The van der Waals surface area contributed by atoms with Gasteiger partial charge >= 0.3 is 0 Å². The van der Waals surface area contributed by atoms with Gasteiger partial charge in [0.1, 0.15) is 0 Å². The molecule has 4 rings (SSSR count). The van der Waals surface area contributed by atoms with Crippen LogP contribution in [0.2, 0.25) is 0 Å². The van der Waals surface area contributed by atoms with E-state index in [1.165, 1.54) is 44.5 Å². The van der Waals surface area contributed by atoms with Gasteiger partial charge in [-0.2, -0.15) is 5.10 Å². The van der Waals surface area contributed by atoms with Crippen molar-refractivity contribution >= 4 is 0 Å². The molecule has 2 aromatic heterocycles. The van der Waals surface area contributed by atoms with Crippen molar-refractivity contribution in [2.45, 2.75) is 38.4 Å². The molecule has 1 spiro atoms. The lowest BCUT2D eigenvalue weighted by atomic mass is 9.76. The lowest BCUT2D eigenvalue weighted by molar-refractivity contribution is 0.101. The van der Waals surface area contributed by atoms with E-state index in [0.717, 1.165) is 25.4 Å². The number of nitrogens with zero attached hydrogens (tertiary/aromatic N) is 5. The molecule has 2 saturated heterocycles. The first kappa shape index (κ1) is 18.6. The number of ether oxygens (including phenoxy) is 1. The number of pyridine rings is 1. The van der Waals surface area contributed by atoms with Gasteiger partial charge in [-0.3, -0.25) is 19.5 Å². The third-order valence-corrected chi connectivity index (χ3v) is 6.26. The molecular formula is C21H31N5O. The second kappa shape index (κ2) is 8.09. The van der Waals surface area contributed by atoms with E-state index in [1.54, 1.807) is 0 Å². The van der Waals surface area contributed by atoms with Crippen molar-refractivity contribution in [2.24, 2.45) is 12.5 Å². The van der Waals surface area contributed by atoms with E-state index in [1.807, 2.05) is 37.3 Å². The maximum Gasteiger partial charge on any atom is 0.0618 e. The zero-order valence-electron chi connectivity index (χ0n) is 16.5. The molecule has 6 nitrogen and oxygen atoms in total. The van der Waals surface area contributed by atoms with E-state index in [9.17, 15) is 0 Å². The number of piperidine rings is 1. The van der Waals surface area contributed by atoms with Crippen LogP contribution in [0.5, 0.6) is 0 Å². The van der Waals surface area contributed by atoms with Gasteiger partial charge in [0.25, 0.3) is 0 Å². The molecular weight excluding hydrogens is 338 g/mol. The molecule has 0 N–H and O–H groups in total. The summed E-state index contributed by atoms with van der Waals surface area (Å²) in [5.74, 6) is 0. The lowest BCUT2D eigenvalue weighted by Crippen LogP contribution is -2.41. The minimum atomic E-state index is 0.434. The van der Waals surface area contributed by atoms with E-state index >= 15 is 0 Å². The van der Waals surface area contributed by atoms with Crippen molar-refractivity contribution in [1.29, 1.82) is 0 Å². The van der Waals surface area contributed by atoms with Crippen LogP contribution in [0.4, 0.5) is 0 Å². The van der Waals surface area contributed by atoms with Crippen molar-refractivity contribution < 1.29 is 4.74 Å². The molecule has 1 unspecified atom stereocenters. The molecule has 4 heterocycles. The van der Waals surface area contributed by atoms with Gasteiger partial charge in [0.05, 0.1) is 18.5 Å². The average molecular weight is 370 g/mol. The summed E-state index contributed by atoms with van der Waals surface area (Å²) < 4.78 is 7.44. The second-order valence-electron chi connectivity index (χ2n) is 8.34. The van der Waals surface area contributed by atoms with Crippen molar-refractivity contribution in [2.75, 3.05) is 33.4 Å². The molecule has 0 amide bonds. The van der Waals surface area contributed by atoms with Crippen LogP contribution in [0.1, 0.15) is 30.5 Å². The molecule has 2 fully saturated rings. The fourth-order valence-electron chi connectivity index (χ4n) is 4.85. The number of likely N-dealkylation sites (tertiary alicyclic amines) is 2. The molecule has 0 saturated carbocycles. The van der Waals surface area contributed by atoms with E-state index < -0.39 is 0 Å². The Morgan fingerprint density at radius 2 is 2.07 bits per heavy atom. The van der Waals surface area contributed by atoms with Gasteiger partial charge < -0.3 is 4.74 Å². The molecule has 27 heavy (non-hydrogen) atoms. The Kier molecular flexibility index (Phi) is 5.57. The minimum Gasteiger partial charge on any atom is -0.383 e. The molecule has 0 aromatic carbocycles. The third kappa shape index (κ3) is 4.39. The van der Waals surface area contributed by atoms with Gasteiger partial charge in [0.2, 0.25) is 0 Å². The smallest absolute Gasteiger partial charge is 0.0618 e. The van der Waals surface area contributed by atoms with Gasteiger partial charge in [-0.05, 0) is 49.9 Å². The van der Waals surface area contributed by atoms with Gasteiger partial charge in [-0.25, -0.2) is 0 Å². The highest BCUT2D eigenvalue weighted by atomic mass is 16.5. The SMILES string of the molecule is COCC1CC2(CCN(Cc3cnn(C)c3)CC2)CN1Cc1ccccn1. The number of aryl methyl sites for hydroxylation is 1. The Balaban J connectivity index is 1.37. The summed E-state index contributed by atoms with van der Waals surface area (Å²) in [6.45, 7) is 6.27. The summed E-state index contributed by atoms with van der Waals surface area (Å²) in [6.07, 6.45) is 9.79. The molecule has 1 atom stereocenters. The average Bonchev–Trinajstić information content (AvgIpc) is 3.22. The maximum absolute atomic E-state index is 5.55. The Hall–Kier alpha value is -1.76. The monoisotopic (exact) mass is 369 g/mol. The zero-order valence-corrected chi connectivity index (χ0v) is 16.5. The number of aromatic nitrogens is 3. The summed E-state index contributed by atoms with van der Waals surface area (Å²) in [4.78, 5) is 9.71. The van der Waals surface area contributed by atoms with Crippen molar-refractivity contribution in [3.05, 3.63) is 48.0 Å². The first-order chi connectivity index (χ1) is 13.2. The second-order valence-corrected chi connectivity index (χ2v) is 8.34. The summed E-state index contributed by atoms with van der Waals surface area (Å²) in [5.41, 5.74) is 2.90. The molecule has 0 aliphatic carbocycles. The highest BCUT2D eigenvalue weighted by Gasteiger charge is 2.45. The van der Waals surface area contributed by atoms with Gasteiger partial charge in [0, 0.05) is 57.8 Å². The third-order valence-electron chi connectivity index (χ3n) is 6.26. The largest absolute Gasteiger partial charge is 0.383 e. The number of rotatable bonds is 6. The first-order valence-corrected chi connectivity index (χ1v) is 9.99.